The van der Waals surface area contributed by atoms with Crippen LogP contribution >= 0.6 is 11.8 Å². The molecule has 1 aromatic heterocycles. The predicted octanol–water partition coefficient (Wildman–Crippen LogP) is 1.37. The molecule has 0 aliphatic carbocycles. The van der Waals surface area contributed by atoms with E-state index in [1.54, 1.807) is 13.1 Å². The molecule has 1 N–H and O–H groups in total. The van der Waals surface area contributed by atoms with Gasteiger partial charge in [-0.2, -0.15) is 0 Å². The maximum Gasteiger partial charge on any atom is 0.419 e. The highest BCUT2D eigenvalue weighted by Crippen LogP contribution is 2.13. The molecule has 1 heterocycles. The molecule has 5 heteroatoms. The second-order valence-corrected chi connectivity index (χ2v) is 3.31. The van der Waals surface area contributed by atoms with Crippen LogP contribution in [0, 0.1) is 0 Å². The number of aromatic nitrogens is 1. The summed E-state index contributed by atoms with van der Waals surface area (Å²) in [6, 6.07) is 5.53. The summed E-state index contributed by atoms with van der Waals surface area (Å²) in [5, 5.41) is 0. The summed E-state index contributed by atoms with van der Waals surface area (Å²) in [6.07, 6.45) is 0. The zero-order chi connectivity index (χ0) is 10.1. The van der Waals surface area contributed by atoms with Gasteiger partial charge in [-0.05, 0) is 29.5 Å². The second-order valence-electron chi connectivity index (χ2n) is 3.04. The molecule has 0 saturated heterocycles. The Morgan fingerprint density at radius 1 is 1.57 bits per heavy atom. The number of benzene rings is 1. The van der Waals surface area contributed by atoms with Crippen molar-refractivity contribution < 1.29 is 4.42 Å². The van der Waals surface area contributed by atoms with E-state index in [4.69, 9.17) is 16.2 Å². The summed E-state index contributed by atoms with van der Waals surface area (Å²) in [5.74, 6) is -0.351. The summed E-state index contributed by atoms with van der Waals surface area (Å²) in [4.78, 5) is 13.7. The van der Waals surface area contributed by atoms with Crippen LogP contribution in [0.4, 0.5) is 0 Å². The topological polar surface area (TPSA) is 47.2 Å². The first-order valence-electron chi connectivity index (χ1n) is 4.14. The molecule has 2 rings (SSSR count). The van der Waals surface area contributed by atoms with E-state index in [-0.39, 0.29) is 5.76 Å². The van der Waals surface area contributed by atoms with Crippen molar-refractivity contribution in [2.45, 2.75) is 6.54 Å². The molecule has 1 aromatic carbocycles. The van der Waals surface area contributed by atoms with Crippen LogP contribution in [0.1, 0.15) is 5.56 Å². The van der Waals surface area contributed by atoms with Crippen LogP contribution < -0.4 is 10.6 Å². The van der Waals surface area contributed by atoms with E-state index in [0.717, 1.165) is 11.1 Å². The molecule has 0 saturated carbocycles. The van der Waals surface area contributed by atoms with Gasteiger partial charge in [-0.15, -0.1) is 0 Å². The van der Waals surface area contributed by atoms with E-state index in [1.165, 1.54) is 4.57 Å². The van der Waals surface area contributed by atoms with Crippen LogP contribution in [0.25, 0.3) is 11.1 Å². The molecule has 0 atom stereocenters. The van der Waals surface area contributed by atoms with Crippen molar-refractivity contribution in [1.29, 1.82) is 0 Å². The third-order valence-electron chi connectivity index (χ3n) is 2.13. The van der Waals surface area contributed by atoms with E-state index in [2.05, 4.69) is 4.84 Å². The van der Waals surface area contributed by atoms with Gasteiger partial charge < -0.3 is 4.42 Å². The number of rotatable bonds is 2. The van der Waals surface area contributed by atoms with Gasteiger partial charge in [-0.25, -0.2) is 9.63 Å². The van der Waals surface area contributed by atoms with Crippen LogP contribution in [0.15, 0.2) is 27.4 Å². The van der Waals surface area contributed by atoms with Crippen LogP contribution in [-0.2, 0) is 13.6 Å². The maximum absolute atomic E-state index is 11.2. The Balaban J connectivity index is 2.61. The quantitative estimate of drug-likeness (QED) is 0.765. The average Bonchev–Trinajstić information content (AvgIpc) is 2.43. The SMILES string of the molecule is Cn1c(=O)oc2cc(CNCl)ccc21. The van der Waals surface area contributed by atoms with Crippen molar-refractivity contribution in [2.24, 2.45) is 7.05 Å². The van der Waals surface area contributed by atoms with Gasteiger partial charge in [0.15, 0.2) is 5.58 Å². The highest BCUT2D eigenvalue weighted by Gasteiger charge is 2.05. The zero-order valence-electron chi connectivity index (χ0n) is 7.58. The second kappa shape index (κ2) is 3.48. The van der Waals surface area contributed by atoms with Crippen molar-refractivity contribution in [3.63, 3.8) is 0 Å². The number of oxazole rings is 1. The van der Waals surface area contributed by atoms with Crippen molar-refractivity contribution in [1.82, 2.24) is 9.40 Å². The molecule has 0 radical (unpaired) electrons. The first kappa shape index (κ1) is 9.30. The minimum absolute atomic E-state index is 0.351. The summed E-state index contributed by atoms with van der Waals surface area (Å²) < 4.78 is 6.49. The third kappa shape index (κ3) is 1.42. The van der Waals surface area contributed by atoms with Gasteiger partial charge >= 0.3 is 5.76 Å². The van der Waals surface area contributed by atoms with Crippen LogP contribution in [0.3, 0.4) is 0 Å². The van der Waals surface area contributed by atoms with E-state index < -0.39 is 0 Å². The maximum atomic E-state index is 11.2. The summed E-state index contributed by atoms with van der Waals surface area (Å²) in [5.41, 5.74) is 2.34. The number of nitrogens with zero attached hydrogens (tertiary/aromatic N) is 1. The largest absolute Gasteiger partial charge is 0.419 e. The molecule has 0 bridgehead atoms. The Kier molecular flexibility index (Phi) is 2.31. The van der Waals surface area contributed by atoms with E-state index >= 15 is 0 Å². The summed E-state index contributed by atoms with van der Waals surface area (Å²) >= 11 is 5.38. The van der Waals surface area contributed by atoms with Gasteiger partial charge in [-0.1, -0.05) is 6.07 Å². The van der Waals surface area contributed by atoms with Gasteiger partial charge in [-0.3, -0.25) is 4.57 Å². The lowest BCUT2D eigenvalue weighted by atomic mass is 10.2. The Bertz CT molecular complexity index is 515. The lowest BCUT2D eigenvalue weighted by Gasteiger charge is -1.97. The Labute approximate surface area is 85.2 Å². The van der Waals surface area contributed by atoms with Crippen molar-refractivity contribution in [3.8, 4) is 0 Å². The highest BCUT2D eigenvalue weighted by molar-refractivity contribution is 6.13. The Morgan fingerprint density at radius 3 is 3.07 bits per heavy atom. The molecule has 0 fully saturated rings. The lowest BCUT2D eigenvalue weighted by Crippen LogP contribution is -2.08. The summed E-state index contributed by atoms with van der Waals surface area (Å²) in [7, 11) is 1.67. The average molecular weight is 213 g/mol. The first-order chi connectivity index (χ1) is 6.72. The number of hydrogen-bond donors (Lipinski definition) is 1. The van der Waals surface area contributed by atoms with E-state index in [1.807, 2.05) is 12.1 Å². The molecule has 0 spiro atoms. The molecule has 0 unspecified atom stereocenters. The van der Waals surface area contributed by atoms with Gasteiger partial charge in [0.05, 0.1) is 5.52 Å². The standard InChI is InChI=1S/C9H9ClN2O2/c1-12-7-3-2-6(5-11-10)4-8(7)14-9(12)13/h2-4,11H,5H2,1H3. The lowest BCUT2D eigenvalue weighted by molar-refractivity contribution is 0.528. The fourth-order valence-electron chi connectivity index (χ4n) is 1.37. The van der Waals surface area contributed by atoms with Crippen molar-refractivity contribution >= 4 is 22.9 Å². The van der Waals surface area contributed by atoms with Crippen LogP contribution in [0.5, 0.6) is 0 Å². The van der Waals surface area contributed by atoms with Gasteiger partial charge in [0.2, 0.25) is 0 Å². The number of fused-ring (bicyclic) bond motifs is 1. The van der Waals surface area contributed by atoms with Gasteiger partial charge in [0.25, 0.3) is 0 Å². The molecule has 74 valence electrons. The minimum atomic E-state index is -0.351. The number of halogens is 1. The van der Waals surface area contributed by atoms with Gasteiger partial charge in [0, 0.05) is 13.6 Å². The molecular formula is C9H9ClN2O2. The van der Waals surface area contributed by atoms with Crippen molar-refractivity contribution in [3.05, 3.63) is 34.3 Å². The Morgan fingerprint density at radius 2 is 2.36 bits per heavy atom. The first-order valence-corrected chi connectivity index (χ1v) is 4.52. The minimum Gasteiger partial charge on any atom is -0.408 e. The van der Waals surface area contributed by atoms with E-state index in [9.17, 15) is 4.79 Å². The van der Waals surface area contributed by atoms with E-state index in [0.29, 0.717) is 12.1 Å². The Hall–Kier alpha value is -1.26. The highest BCUT2D eigenvalue weighted by atomic mass is 35.5. The molecule has 2 aromatic rings. The normalized spacial score (nSPS) is 11.0. The zero-order valence-corrected chi connectivity index (χ0v) is 8.34. The smallest absolute Gasteiger partial charge is 0.408 e. The fraction of sp³-hybridized carbons (Fsp3) is 0.222. The molecule has 14 heavy (non-hydrogen) atoms. The molecule has 0 amide bonds. The third-order valence-corrected chi connectivity index (χ3v) is 2.26. The van der Waals surface area contributed by atoms with Crippen LogP contribution in [0.2, 0.25) is 0 Å². The summed E-state index contributed by atoms with van der Waals surface area (Å²) in [6.45, 7) is 0.538. The number of hydrogen-bond acceptors (Lipinski definition) is 3. The number of aryl methyl sites for hydroxylation is 1. The molecular weight excluding hydrogens is 204 g/mol. The van der Waals surface area contributed by atoms with Gasteiger partial charge in [0.1, 0.15) is 0 Å². The molecule has 0 aliphatic rings. The molecule has 4 nitrogen and oxygen atoms in total. The predicted molar refractivity (Wildman–Crippen MR) is 54.1 cm³/mol. The fourth-order valence-corrected chi connectivity index (χ4v) is 1.52. The molecule has 0 aliphatic heterocycles. The van der Waals surface area contributed by atoms with Crippen LogP contribution in [-0.4, -0.2) is 4.57 Å². The van der Waals surface area contributed by atoms with Crippen molar-refractivity contribution in [2.75, 3.05) is 0 Å². The monoisotopic (exact) mass is 212 g/mol. The number of nitrogens with one attached hydrogen (secondary N) is 1.